The van der Waals surface area contributed by atoms with E-state index in [1.54, 1.807) is 18.2 Å². The van der Waals surface area contributed by atoms with Crippen LogP contribution < -0.4 is 5.43 Å². The van der Waals surface area contributed by atoms with Crippen molar-refractivity contribution < 1.29 is 9.85 Å². The number of aromatic nitrogens is 2. The molecule has 2 N–H and O–H groups in total. The van der Waals surface area contributed by atoms with Gasteiger partial charge in [-0.3, -0.25) is 25.7 Å². The number of nitrogens with one attached hydrogen (secondary N) is 2. The summed E-state index contributed by atoms with van der Waals surface area (Å²) < 4.78 is 0. The number of non-ortho nitro benzene ring substituents is 1. The van der Waals surface area contributed by atoms with Crippen LogP contribution in [0.2, 0.25) is 5.02 Å². The van der Waals surface area contributed by atoms with Crippen molar-refractivity contribution in [1.29, 1.82) is 0 Å². The van der Waals surface area contributed by atoms with Gasteiger partial charge in [0.1, 0.15) is 5.69 Å². The fourth-order valence-electron chi connectivity index (χ4n) is 2.10. The molecule has 3 rings (SSSR count). The van der Waals surface area contributed by atoms with Gasteiger partial charge in [0, 0.05) is 11.1 Å². The van der Waals surface area contributed by atoms with Crippen molar-refractivity contribution in [2.45, 2.75) is 0 Å². The number of hydrogen-bond donors (Lipinski definition) is 2. The van der Waals surface area contributed by atoms with Crippen molar-refractivity contribution in [1.82, 2.24) is 9.97 Å². The number of hydrazone groups is 1. The first-order chi connectivity index (χ1) is 11.9. The maximum atomic E-state index is 11.0. The van der Waals surface area contributed by atoms with Crippen LogP contribution in [0.3, 0.4) is 0 Å². The predicted octanol–water partition coefficient (Wildman–Crippen LogP) is 3.48. The van der Waals surface area contributed by atoms with Crippen LogP contribution in [0.4, 0.5) is 17.1 Å². The highest BCUT2D eigenvalue weighted by atomic mass is 35.5. The average Bonchev–Trinajstić information content (AvgIpc) is 2.96. The lowest BCUT2D eigenvalue weighted by atomic mass is 10.2. The van der Waals surface area contributed by atoms with Crippen LogP contribution >= 0.6 is 11.6 Å². The molecule has 126 valence electrons. The molecule has 0 atom stereocenters. The van der Waals surface area contributed by atoms with E-state index in [4.69, 9.17) is 11.6 Å². The summed E-state index contributed by atoms with van der Waals surface area (Å²) >= 11 is 5.89. The van der Waals surface area contributed by atoms with Crippen molar-refractivity contribution in [2.75, 3.05) is 5.43 Å². The molecule has 0 saturated carbocycles. The molecular weight excluding hydrogens is 352 g/mol. The molecule has 0 amide bonds. The van der Waals surface area contributed by atoms with E-state index in [2.05, 4.69) is 20.5 Å². The highest BCUT2D eigenvalue weighted by molar-refractivity contribution is 6.31. The number of rotatable bonds is 5. The van der Waals surface area contributed by atoms with E-state index in [1.807, 2.05) is 0 Å². The first-order valence-electron chi connectivity index (χ1n) is 6.81. The van der Waals surface area contributed by atoms with Gasteiger partial charge >= 0.3 is 5.69 Å². The Bertz CT molecular complexity index is 1020. The number of anilines is 1. The molecule has 0 aliphatic heterocycles. The van der Waals surface area contributed by atoms with E-state index in [0.717, 1.165) is 17.6 Å². The van der Waals surface area contributed by atoms with Gasteiger partial charge in [0.25, 0.3) is 5.69 Å². The largest absolute Gasteiger partial charge is 0.337 e. The van der Waals surface area contributed by atoms with Crippen molar-refractivity contribution in [3.8, 4) is 0 Å². The molecule has 0 fully saturated rings. The summed E-state index contributed by atoms with van der Waals surface area (Å²) in [6, 6.07) is 8.36. The van der Waals surface area contributed by atoms with Gasteiger partial charge in [-0.2, -0.15) is 5.10 Å². The van der Waals surface area contributed by atoms with Gasteiger partial charge in [-0.05, 0) is 24.3 Å². The van der Waals surface area contributed by atoms with Gasteiger partial charge in [-0.25, -0.2) is 4.98 Å². The van der Waals surface area contributed by atoms with Gasteiger partial charge in [0.15, 0.2) is 5.82 Å². The molecule has 25 heavy (non-hydrogen) atoms. The van der Waals surface area contributed by atoms with Crippen LogP contribution in [-0.4, -0.2) is 26.0 Å². The summed E-state index contributed by atoms with van der Waals surface area (Å²) in [4.78, 5) is 27.5. The summed E-state index contributed by atoms with van der Waals surface area (Å²) in [7, 11) is 0. The van der Waals surface area contributed by atoms with Crippen molar-refractivity contribution in [3.63, 3.8) is 0 Å². The lowest BCUT2D eigenvalue weighted by Gasteiger charge is -2.01. The topological polar surface area (TPSA) is 139 Å². The third-order valence-corrected chi connectivity index (χ3v) is 3.46. The summed E-state index contributed by atoms with van der Waals surface area (Å²) in [6.45, 7) is 0. The number of fused-ring (bicyclic) bond motifs is 1. The minimum Gasteiger partial charge on any atom is -0.337 e. The van der Waals surface area contributed by atoms with Crippen LogP contribution in [0.1, 0.15) is 5.82 Å². The number of benzene rings is 2. The molecule has 3 aromatic rings. The average molecular weight is 361 g/mol. The predicted molar refractivity (Wildman–Crippen MR) is 92.1 cm³/mol. The van der Waals surface area contributed by atoms with Crippen LogP contribution in [-0.2, 0) is 0 Å². The number of nitro benzene ring substituents is 2. The SMILES string of the molecule is O=[N+]([O-])c1ccc(N/N=C/c2nc3ccc(Cl)cc3[nH]2)c([N+](=O)[O-])c1. The Morgan fingerprint density at radius 1 is 1.16 bits per heavy atom. The lowest BCUT2D eigenvalue weighted by Crippen LogP contribution is -1.99. The molecule has 1 heterocycles. The van der Waals surface area contributed by atoms with Gasteiger partial charge in [0.05, 0.1) is 33.2 Å². The highest BCUT2D eigenvalue weighted by Gasteiger charge is 2.19. The first-order valence-corrected chi connectivity index (χ1v) is 7.19. The molecular formula is C14H9ClN6O4. The second kappa shape index (κ2) is 6.53. The number of imidazole rings is 1. The number of nitrogens with zero attached hydrogens (tertiary/aromatic N) is 4. The molecule has 1 aromatic heterocycles. The van der Waals surface area contributed by atoms with Gasteiger partial charge in [-0.15, -0.1) is 0 Å². The Kier molecular flexibility index (Phi) is 4.27. The minimum absolute atomic E-state index is 0.0194. The van der Waals surface area contributed by atoms with Gasteiger partial charge in [-0.1, -0.05) is 11.6 Å². The molecule has 0 unspecified atom stereocenters. The number of nitro groups is 2. The maximum Gasteiger partial charge on any atom is 0.301 e. The standard InChI is InChI=1S/C14H9ClN6O4/c15-8-1-3-10-12(5-8)18-14(17-10)7-16-19-11-4-2-9(20(22)23)6-13(11)21(24)25/h1-7,19H,(H,17,18)/b16-7+. The second-order valence-electron chi connectivity index (χ2n) is 4.87. The smallest absolute Gasteiger partial charge is 0.301 e. The molecule has 2 aromatic carbocycles. The van der Waals surface area contributed by atoms with E-state index in [-0.39, 0.29) is 11.4 Å². The van der Waals surface area contributed by atoms with Crippen LogP contribution in [0.15, 0.2) is 41.5 Å². The van der Waals surface area contributed by atoms with Crippen LogP contribution in [0.5, 0.6) is 0 Å². The Morgan fingerprint density at radius 2 is 1.96 bits per heavy atom. The van der Waals surface area contributed by atoms with Crippen LogP contribution in [0, 0.1) is 20.2 Å². The number of halogens is 1. The van der Waals surface area contributed by atoms with Crippen molar-refractivity contribution in [3.05, 3.63) is 67.5 Å². The number of H-pyrrole nitrogens is 1. The zero-order chi connectivity index (χ0) is 18.0. The first kappa shape index (κ1) is 16.3. The fraction of sp³-hybridized carbons (Fsp3) is 0. The Hall–Kier alpha value is -3.53. The minimum atomic E-state index is -0.728. The molecule has 0 saturated heterocycles. The zero-order valence-electron chi connectivity index (χ0n) is 12.3. The van der Waals surface area contributed by atoms with Crippen molar-refractivity contribution >= 4 is 45.9 Å². The quantitative estimate of drug-likeness (QED) is 0.405. The molecule has 0 aliphatic carbocycles. The van der Waals surface area contributed by atoms with E-state index in [9.17, 15) is 20.2 Å². The molecule has 0 spiro atoms. The zero-order valence-corrected chi connectivity index (χ0v) is 13.1. The third kappa shape index (κ3) is 3.53. The summed E-state index contributed by atoms with van der Waals surface area (Å²) in [5.41, 5.74) is 3.07. The molecule has 10 nitrogen and oxygen atoms in total. The second-order valence-corrected chi connectivity index (χ2v) is 5.31. The number of hydrogen-bond acceptors (Lipinski definition) is 7. The Labute approximate surface area is 144 Å². The molecule has 11 heteroatoms. The lowest BCUT2D eigenvalue weighted by molar-refractivity contribution is -0.393. The van der Waals surface area contributed by atoms with Crippen molar-refractivity contribution in [2.24, 2.45) is 5.10 Å². The maximum absolute atomic E-state index is 11.0. The van der Waals surface area contributed by atoms with E-state index in [0.29, 0.717) is 16.4 Å². The summed E-state index contributed by atoms with van der Waals surface area (Å²) in [5.74, 6) is 0.411. The summed E-state index contributed by atoms with van der Waals surface area (Å²) in [6.07, 6.45) is 1.33. The Morgan fingerprint density at radius 3 is 2.68 bits per heavy atom. The van der Waals surface area contributed by atoms with Gasteiger partial charge < -0.3 is 4.98 Å². The monoisotopic (exact) mass is 360 g/mol. The molecule has 0 bridgehead atoms. The van der Waals surface area contributed by atoms with E-state index < -0.39 is 15.5 Å². The fourth-order valence-corrected chi connectivity index (χ4v) is 2.28. The number of aromatic amines is 1. The third-order valence-electron chi connectivity index (χ3n) is 3.22. The molecule has 0 aliphatic rings. The van der Waals surface area contributed by atoms with E-state index >= 15 is 0 Å². The molecule has 0 radical (unpaired) electrons. The summed E-state index contributed by atoms with van der Waals surface area (Å²) in [5, 5.41) is 26.2. The van der Waals surface area contributed by atoms with Crippen LogP contribution in [0.25, 0.3) is 11.0 Å². The van der Waals surface area contributed by atoms with E-state index in [1.165, 1.54) is 12.3 Å². The highest BCUT2D eigenvalue weighted by Crippen LogP contribution is 2.28. The van der Waals surface area contributed by atoms with Gasteiger partial charge in [0.2, 0.25) is 0 Å². The Balaban J connectivity index is 1.83. The normalized spacial score (nSPS) is 11.1.